The van der Waals surface area contributed by atoms with E-state index in [0.29, 0.717) is 5.57 Å². The summed E-state index contributed by atoms with van der Waals surface area (Å²) in [6.07, 6.45) is -2.04. The number of halogens is 3. The zero-order chi connectivity index (χ0) is 11.9. The Labute approximate surface area is 89.5 Å². The fourth-order valence-electron chi connectivity index (χ4n) is 1.79. The van der Waals surface area contributed by atoms with Crippen LogP contribution in [-0.2, 0) is 14.3 Å². The van der Waals surface area contributed by atoms with Gasteiger partial charge in [-0.1, -0.05) is 18.7 Å². The molecule has 0 saturated carbocycles. The molecular weight excluding hydrogens is 225 g/mol. The smallest absolute Gasteiger partial charge is 0.422 e. The third-order valence-corrected chi connectivity index (χ3v) is 2.50. The van der Waals surface area contributed by atoms with Crippen LogP contribution >= 0.6 is 0 Å². The molecule has 0 amide bonds. The Morgan fingerprint density at radius 3 is 2.69 bits per heavy atom. The lowest BCUT2D eigenvalue weighted by Crippen LogP contribution is -2.30. The number of hydrogen-bond acceptors (Lipinski definition) is 3. The summed E-state index contributed by atoms with van der Waals surface area (Å²) in [6, 6.07) is 0. The molecule has 0 unspecified atom stereocenters. The summed E-state index contributed by atoms with van der Waals surface area (Å²) in [5.41, 5.74) is 0.458. The van der Waals surface area contributed by atoms with Gasteiger partial charge in [0.1, 0.15) is 5.92 Å². The Hall–Kier alpha value is -1.30. The highest BCUT2D eigenvalue weighted by molar-refractivity contribution is 5.78. The molecule has 2 aliphatic heterocycles. The van der Waals surface area contributed by atoms with Crippen molar-refractivity contribution in [1.82, 2.24) is 0 Å². The van der Waals surface area contributed by atoms with Gasteiger partial charge >= 0.3 is 12.1 Å². The molecular formula is C10H9F3O3. The van der Waals surface area contributed by atoms with Crippen molar-refractivity contribution in [2.75, 3.05) is 6.61 Å². The van der Waals surface area contributed by atoms with E-state index in [-0.39, 0.29) is 6.10 Å². The number of rotatable bonds is 2. The van der Waals surface area contributed by atoms with Gasteiger partial charge in [-0.05, 0) is 5.57 Å². The number of ether oxygens (including phenoxy) is 2. The summed E-state index contributed by atoms with van der Waals surface area (Å²) < 4.78 is 45.0. The lowest BCUT2D eigenvalue weighted by atomic mass is 9.90. The molecule has 6 heteroatoms. The molecule has 88 valence electrons. The molecule has 0 N–H and O–H groups in total. The van der Waals surface area contributed by atoms with E-state index in [9.17, 15) is 18.0 Å². The summed E-state index contributed by atoms with van der Waals surface area (Å²) >= 11 is 0. The van der Waals surface area contributed by atoms with Crippen molar-refractivity contribution < 1.29 is 27.4 Å². The molecule has 1 fully saturated rings. The predicted molar refractivity (Wildman–Crippen MR) is 47.4 cm³/mol. The van der Waals surface area contributed by atoms with E-state index in [0.717, 1.165) is 0 Å². The topological polar surface area (TPSA) is 35.5 Å². The molecule has 3 atom stereocenters. The van der Waals surface area contributed by atoms with E-state index in [1.807, 2.05) is 0 Å². The molecule has 2 rings (SSSR count). The molecule has 0 spiro atoms. The summed E-state index contributed by atoms with van der Waals surface area (Å²) in [6.45, 7) is 2.05. The van der Waals surface area contributed by atoms with Gasteiger partial charge in [-0.25, -0.2) is 0 Å². The Morgan fingerprint density at radius 1 is 1.50 bits per heavy atom. The molecule has 1 saturated heterocycles. The Kier molecular flexibility index (Phi) is 2.53. The average molecular weight is 234 g/mol. The number of alkyl halides is 3. The first-order valence-electron chi connectivity index (χ1n) is 4.64. The molecule has 2 heterocycles. The van der Waals surface area contributed by atoms with Crippen LogP contribution in [0.3, 0.4) is 0 Å². The quantitative estimate of drug-likeness (QED) is 0.537. The third-order valence-electron chi connectivity index (χ3n) is 2.50. The zero-order valence-electron chi connectivity index (χ0n) is 8.16. The highest BCUT2D eigenvalue weighted by Crippen LogP contribution is 2.38. The highest BCUT2D eigenvalue weighted by Gasteiger charge is 2.46. The van der Waals surface area contributed by atoms with Gasteiger partial charge in [-0.15, -0.1) is 0 Å². The van der Waals surface area contributed by atoms with Crippen LogP contribution in [-0.4, -0.2) is 31.0 Å². The summed E-state index contributed by atoms with van der Waals surface area (Å²) in [5, 5.41) is 0. The fourth-order valence-corrected chi connectivity index (χ4v) is 1.79. The minimum absolute atomic E-state index is 0.367. The molecule has 0 aromatic rings. The van der Waals surface area contributed by atoms with Gasteiger partial charge in [0.2, 0.25) is 0 Å². The molecule has 0 aliphatic carbocycles. The van der Waals surface area contributed by atoms with Crippen LogP contribution in [0.5, 0.6) is 0 Å². The minimum atomic E-state index is -4.51. The largest absolute Gasteiger partial charge is 0.455 e. The van der Waals surface area contributed by atoms with Crippen LogP contribution in [0.1, 0.15) is 0 Å². The maximum absolute atomic E-state index is 11.8. The number of carbonyl (C=O) groups excluding carboxylic acids is 1. The first-order chi connectivity index (χ1) is 7.38. The Balaban J connectivity index is 1.96. The lowest BCUT2D eigenvalue weighted by Gasteiger charge is -2.16. The number of carbonyl (C=O) groups is 1. The number of hydrogen-bond donors (Lipinski definition) is 0. The third kappa shape index (κ3) is 1.97. The van der Waals surface area contributed by atoms with Crippen molar-refractivity contribution in [3.05, 3.63) is 24.3 Å². The van der Waals surface area contributed by atoms with Gasteiger partial charge < -0.3 is 9.47 Å². The molecule has 0 radical (unpaired) electrons. The van der Waals surface area contributed by atoms with Crippen LogP contribution in [0, 0.1) is 5.92 Å². The van der Waals surface area contributed by atoms with Crippen molar-refractivity contribution >= 4 is 5.97 Å². The van der Waals surface area contributed by atoms with Crippen LogP contribution in [0.15, 0.2) is 24.3 Å². The fraction of sp³-hybridized carbons (Fsp3) is 0.500. The van der Waals surface area contributed by atoms with Gasteiger partial charge in [-0.3, -0.25) is 4.79 Å². The molecule has 0 aromatic heterocycles. The maximum Gasteiger partial charge on any atom is 0.422 e. The van der Waals surface area contributed by atoms with Gasteiger partial charge in [-0.2, -0.15) is 13.2 Å². The average Bonchev–Trinajstić information content (AvgIpc) is 2.73. The van der Waals surface area contributed by atoms with E-state index >= 15 is 0 Å². The zero-order valence-corrected chi connectivity index (χ0v) is 8.16. The highest BCUT2D eigenvalue weighted by atomic mass is 19.4. The van der Waals surface area contributed by atoms with Crippen LogP contribution in [0.4, 0.5) is 13.2 Å². The van der Waals surface area contributed by atoms with Gasteiger partial charge in [0.15, 0.2) is 6.61 Å². The van der Waals surface area contributed by atoms with Gasteiger partial charge in [0.25, 0.3) is 0 Å². The van der Waals surface area contributed by atoms with E-state index in [1.54, 1.807) is 12.2 Å². The monoisotopic (exact) mass is 234 g/mol. The molecule has 2 aliphatic rings. The van der Waals surface area contributed by atoms with Crippen LogP contribution in [0.25, 0.3) is 0 Å². The normalized spacial score (nSPS) is 32.2. The standard InChI is InChI=1S/C10H9F3O3/c1-5-6-2-3-7(16-6)8(5)9(14)15-4-10(11,12)13/h2-3,6-8H,1,4H2/t6-,7+,8+/m0/s1. The number of esters is 1. The van der Waals surface area contributed by atoms with Crippen LogP contribution in [0.2, 0.25) is 0 Å². The van der Waals surface area contributed by atoms with Crippen molar-refractivity contribution in [2.45, 2.75) is 18.4 Å². The second-order valence-electron chi connectivity index (χ2n) is 3.68. The predicted octanol–water partition coefficient (Wildman–Crippen LogP) is 1.60. The van der Waals surface area contributed by atoms with Crippen molar-refractivity contribution in [3.63, 3.8) is 0 Å². The molecule has 16 heavy (non-hydrogen) atoms. The van der Waals surface area contributed by atoms with Crippen molar-refractivity contribution in [2.24, 2.45) is 5.92 Å². The van der Waals surface area contributed by atoms with E-state index in [1.165, 1.54) is 0 Å². The summed E-state index contributed by atoms with van der Waals surface area (Å²) in [7, 11) is 0. The second kappa shape index (κ2) is 3.62. The minimum Gasteiger partial charge on any atom is -0.455 e. The van der Waals surface area contributed by atoms with E-state index < -0.39 is 30.8 Å². The van der Waals surface area contributed by atoms with Gasteiger partial charge in [0.05, 0.1) is 12.2 Å². The Bertz CT molecular complexity index is 359. The van der Waals surface area contributed by atoms with Gasteiger partial charge in [0, 0.05) is 0 Å². The van der Waals surface area contributed by atoms with E-state index in [4.69, 9.17) is 4.74 Å². The molecule has 0 aromatic carbocycles. The van der Waals surface area contributed by atoms with E-state index in [2.05, 4.69) is 11.3 Å². The molecule has 3 nitrogen and oxygen atoms in total. The lowest BCUT2D eigenvalue weighted by molar-refractivity contribution is -0.189. The first kappa shape index (κ1) is 11.2. The second-order valence-corrected chi connectivity index (χ2v) is 3.68. The molecule has 2 bridgehead atoms. The summed E-state index contributed by atoms with van der Waals surface area (Å²) in [4.78, 5) is 11.4. The van der Waals surface area contributed by atoms with Crippen molar-refractivity contribution in [3.8, 4) is 0 Å². The van der Waals surface area contributed by atoms with Crippen molar-refractivity contribution in [1.29, 1.82) is 0 Å². The van der Waals surface area contributed by atoms with Crippen LogP contribution < -0.4 is 0 Å². The summed E-state index contributed by atoms with van der Waals surface area (Å²) in [5.74, 6) is -1.74. The Morgan fingerprint density at radius 2 is 2.19 bits per heavy atom. The SMILES string of the molecule is C=C1[C@@H](C(=O)OCC(F)(F)F)[C@H]2C=C[C@@H]1O2. The number of fused-ring (bicyclic) bond motifs is 2. The first-order valence-corrected chi connectivity index (χ1v) is 4.64. The maximum atomic E-state index is 11.8.